The summed E-state index contributed by atoms with van der Waals surface area (Å²) in [6.45, 7) is 0. The van der Waals surface area contributed by atoms with Gasteiger partial charge in [-0.25, -0.2) is 4.39 Å². The molecule has 0 spiro atoms. The van der Waals surface area contributed by atoms with Crippen LogP contribution in [0.2, 0.25) is 5.02 Å². The number of nitrogens with two attached hydrogens (primary N) is 1. The van der Waals surface area contributed by atoms with Crippen LogP contribution in [0.1, 0.15) is 11.1 Å². The second-order valence-electron chi connectivity index (χ2n) is 4.37. The van der Waals surface area contributed by atoms with Crippen LogP contribution in [0.3, 0.4) is 0 Å². The Hall–Kier alpha value is -1.87. The summed E-state index contributed by atoms with van der Waals surface area (Å²) in [6.07, 6.45) is 0.262. The van der Waals surface area contributed by atoms with Crippen molar-refractivity contribution in [3.05, 3.63) is 64.4 Å². The first-order chi connectivity index (χ1) is 9.04. The van der Waals surface area contributed by atoms with Gasteiger partial charge in [0, 0.05) is 23.6 Å². The molecule has 0 radical (unpaired) electrons. The molecule has 2 rings (SSSR count). The number of carbonyl (C=O) groups excluding carboxylic acids is 1. The smallest absolute Gasteiger partial charge is 0.141 e. The fourth-order valence-electron chi connectivity index (χ4n) is 1.88. The molecule has 0 atom stereocenters. The van der Waals surface area contributed by atoms with Crippen LogP contribution in [0.5, 0.6) is 0 Å². The molecule has 2 aromatic carbocycles. The lowest BCUT2D eigenvalue weighted by Gasteiger charge is -2.04. The Morgan fingerprint density at radius 3 is 2.68 bits per heavy atom. The number of anilines is 1. The number of rotatable bonds is 4. The van der Waals surface area contributed by atoms with Crippen LogP contribution in [0.25, 0.3) is 0 Å². The van der Waals surface area contributed by atoms with Gasteiger partial charge in [-0.05, 0) is 41.5 Å². The minimum absolute atomic E-state index is 0.0290. The van der Waals surface area contributed by atoms with E-state index in [4.69, 9.17) is 17.3 Å². The van der Waals surface area contributed by atoms with E-state index in [2.05, 4.69) is 0 Å². The summed E-state index contributed by atoms with van der Waals surface area (Å²) in [5.74, 6) is -0.489. The Balaban J connectivity index is 2.07. The summed E-state index contributed by atoms with van der Waals surface area (Å²) in [5.41, 5.74) is 7.40. The van der Waals surface area contributed by atoms with E-state index in [1.165, 1.54) is 18.2 Å². The molecule has 2 aromatic rings. The van der Waals surface area contributed by atoms with Crippen molar-refractivity contribution >= 4 is 23.1 Å². The van der Waals surface area contributed by atoms with Gasteiger partial charge in [0.2, 0.25) is 0 Å². The van der Waals surface area contributed by atoms with Crippen molar-refractivity contribution in [1.29, 1.82) is 0 Å². The molecular weight excluding hydrogens is 265 g/mol. The first-order valence-electron chi connectivity index (χ1n) is 5.84. The maximum Gasteiger partial charge on any atom is 0.141 e. The summed E-state index contributed by atoms with van der Waals surface area (Å²) < 4.78 is 13.5. The van der Waals surface area contributed by atoms with E-state index in [0.717, 1.165) is 5.56 Å². The van der Waals surface area contributed by atoms with Crippen molar-refractivity contribution in [2.45, 2.75) is 12.8 Å². The monoisotopic (exact) mass is 277 g/mol. The third-order valence-corrected chi connectivity index (χ3v) is 2.98. The lowest BCUT2D eigenvalue weighted by molar-refractivity contribution is -0.117. The topological polar surface area (TPSA) is 43.1 Å². The number of benzene rings is 2. The van der Waals surface area contributed by atoms with Crippen LogP contribution >= 0.6 is 11.6 Å². The minimum Gasteiger partial charge on any atom is -0.399 e. The average Bonchev–Trinajstić information content (AvgIpc) is 2.34. The lowest BCUT2D eigenvalue weighted by Crippen LogP contribution is -2.08. The third kappa shape index (κ3) is 3.80. The highest BCUT2D eigenvalue weighted by molar-refractivity contribution is 6.30. The molecule has 0 saturated heterocycles. The second-order valence-corrected chi connectivity index (χ2v) is 4.81. The zero-order valence-electron chi connectivity index (χ0n) is 10.2. The Kier molecular flexibility index (Phi) is 4.17. The number of Topliss-reactive ketones (excluding diaryl/α,β-unsaturated/α-hetero) is 1. The van der Waals surface area contributed by atoms with Crippen LogP contribution in [0.4, 0.5) is 10.1 Å². The van der Waals surface area contributed by atoms with Crippen LogP contribution in [-0.4, -0.2) is 5.78 Å². The van der Waals surface area contributed by atoms with Gasteiger partial charge in [0.25, 0.3) is 0 Å². The number of hydrogen-bond donors (Lipinski definition) is 1. The average molecular weight is 278 g/mol. The molecular formula is C15H13ClFNO. The number of ketones is 1. The molecule has 2 N–H and O–H groups in total. The second kappa shape index (κ2) is 5.85. The predicted molar refractivity (Wildman–Crippen MR) is 74.7 cm³/mol. The summed E-state index contributed by atoms with van der Waals surface area (Å²) in [7, 11) is 0. The van der Waals surface area contributed by atoms with Crippen molar-refractivity contribution in [3.8, 4) is 0 Å². The van der Waals surface area contributed by atoms with Crippen LogP contribution < -0.4 is 5.73 Å². The van der Waals surface area contributed by atoms with E-state index >= 15 is 0 Å². The minimum atomic E-state index is -0.412. The Labute approximate surface area is 116 Å². The molecule has 0 amide bonds. The number of hydrogen-bond acceptors (Lipinski definition) is 2. The van der Waals surface area contributed by atoms with E-state index in [9.17, 15) is 9.18 Å². The Morgan fingerprint density at radius 2 is 1.95 bits per heavy atom. The predicted octanol–water partition coefficient (Wildman–Crippen LogP) is 3.42. The van der Waals surface area contributed by atoms with Crippen molar-refractivity contribution < 1.29 is 9.18 Å². The van der Waals surface area contributed by atoms with Gasteiger partial charge in [0.15, 0.2) is 0 Å². The van der Waals surface area contributed by atoms with E-state index in [1.807, 2.05) is 6.07 Å². The molecule has 0 unspecified atom stereocenters. The largest absolute Gasteiger partial charge is 0.399 e. The van der Waals surface area contributed by atoms with E-state index < -0.39 is 5.82 Å². The molecule has 0 aliphatic heterocycles. The van der Waals surface area contributed by atoms with E-state index in [0.29, 0.717) is 16.3 Å². The van der Waals surface area contributed by atoms with E-state index in [1.54, 1.807) is 18.2 Å². The van der Waals surface area contributed by atoms with Gasteiger partial charge in [-0.15, -0.1) is 0 Å². The fourth-order valence-corrected chi connectivity index (χ4v) is 2.08. The van der Waals surface area contributed by atoms with Crippen molar-refractivity contribution in [1.82, 2.24) is 0 Å². The quantitative estimate of drug-likeness (QED) is 0.870. The molecule has 0 bridgehead atoms. The Morgan fingerprint density at radius 1 is 1.16 bits per heavy atom. The van der Waals surface area contributed by atoms with Crippen molar-refractivity contribution in [3.63, 3.8) is 0 Å². The molecule has 4 heteroatoms. The molecule has 0 heterocycles. The molecule has 0 aliphatic rings. The van der Waals surface area contributed by atoms with Crippen LogP contribution in [-0.2, 0) is 17.6 Å². The maximum atomic E-state index is 13.5. The molecule has 0 aliphatic carbocycles. The van der Waals surface area contributed by atoms with E-state index in [-0.39, 0.29) is 18.6 Å². The summed E-state index contributed by atoms with van der Waals surface area (Å²) in [5, 5.41) is 0.424. The van der Waals surface area contributed by atoms with Crippen molar-refractivity contribution in [2.75, 3.05) is 5.73 Å². The van der Waals surface area contributed by atoms with Gasteiger partial charge in [0.1, 0.15) is 11.6 Å². The van der Waals surface area contributed by atoms with Gasteiger partial charge < -0.3 is 5.73 Å². The van der Waals surface area contributed by atoms with Gasteiger partial charge in [0.05, 0.1) is 0 Å². The standard InChI is InChI=1S/C15H13ClFNO/c16-12-4-5-15(17)11(8-12)9-14(19)7-10-2-1-3-13(18)6-10/h1-6,8H,7,9,18H2. The highest BCUT2D eigenvalue weighted by Crippen LogP contribution is 2.16. The zero-order valence-corrected chi connectivity index (χ0v) is 11.0. The van der Waals surface area contributed by atoms with Crippen molar-refractivity contribution in [2.24, 2.45) is 0 Å². The number of halogens is 2. The van der Waals surface area contributed by atoms with Gasteiger partial charge in [-0.1, -0.05) is 23.7 Å². The van der Waals surface area contributed by atoms with Gasteiger partial charge >= 0.3 is 0 Å². The summed E-state index contributed by atoms with van der Waals surface area (Å²) in [4.78, 5) is 11.9. The highest BCUT2D eigenvalue weighted by Gasteiger charge is 2.10. The third-order valence-electron chi connectivity index (χ3n) is 2.75. The first kappa shape index (κ1) is 13.6. The molecule has 2 nitrogen and oxygen atoms in total. The van der Waals surface area contributed by atoms with Gasteiger partial charge in [-0.3, -0.25) is 4.79 Å². The lowest BCUT2D eigenvalue weighted by atomic mass is 10.0. The summed E-state index contributed by atoms with van der Waals surface area (Å²) in [6, 6.07) is 11.3. The molecule has 98 valence electrons. The maximum absolute atomic E-state index is 13.5. The van der Waals surface area contributed by atoms with Crippen LogP contribution in [0.15, 0.2) is 42.5 Å². The SMILES string of the molecule is Nc1cccc(CC(=O)Cc2cc(Cl)ccc2F)c1. The summed E-state index contributed by atoms with van der Waals surface area (Å²) >= 11 is 5.79. The Bertz CT molecular complexity index is 613. The zero-order chi connectivity index (χ0) is 13.8. The molecule has 0 aromatic heterocycles. The molecule has 0 saturated carbocycles. The van der Waals surface area contributed by atoms with Gasteiger partial charge in [-0.2, -0.15) is 0 Å². The normalized spacial score (nSPS) is 10.4. The highest BCUT2D eigenvalue weighted by atomic mass is 35.5. The molecule has 19 heavy (non-hydrogen) atoms. The number of carbonyl (C=O) groups is 1. The van der Waals surface area contributed by atoms with Crippen LogP contribution in [0, 0.1) is 5.82 Å². The fraction of sp³-hybridized carbons (Fsp3) is 0.133. The number of nitrogen functional groups attached to an aromatic ring is 1. The molecule has 0 fully saturated rings. The first-order valence-corrected chi connectivity index (χ1v) is 6.22.